The van der Waals surface area contributed by atoms with Crippen LogP contribution in [0.3, 0.4) is 0 Å². The fraction of sp³-hybridized carbons (Fsp3) is 0.366. The van der Waals surface area contributed by atoms with Crippen LogP contribution in [0.4, 0.5) is 0 Å². The van der Waals surface area contributed by atoms with Crippen LogP contribution in [0.1, 0.15) is 102 Å². The molecule has 0 radical (unpaired) electrons. The van der Waals surface area contributed by atoms with E-state index in [-0.39, 0.29) is 16.2 Å². The van der Waals surface area contributed by atoms with Crippen molar-refractivity contribution in [2.24, 2.45) is 10.8 Å². The summed E-state index contributed by atoms with van der Waals surface area (Å²) < 4.78 is 0. The Balaban J connectivity index is 1.64. The van der Waals surface area contributed by atoms with Crippen LogP contribution in [0.15, 0.2) is 114 Å². The van der Waals surface area contributed by atoms with Crippen LogP contribution in [0, 0.1) is 10.8 Å². The molecule has 0 spiro atoms. The lowest BCUT2D eigenvalue weighted by Crippen LogP contribution is -2.27. The molecule has 0 aliphatic heterocycles. The number of fused-ring (bicyclic) bond motifs is 2. The Bertz CT molecular complexity index is 1590. The van der Waals surface area contributed by atoms with Gasteiger partial charge in [0, 0.05) is 11.8 Å². The fourth-order valence-corrected chi connectivity index (χ4v) is 7.71. The summed E-state index contributed by atoms with van der Waals surface area (Å²) in [6.45, 7) is 19.2. The van der Waals surface area contributed by atoms with Crippen molar-refractivity contribution in [2.45, 2.75) is 85.5 Å². The Hall–Kier alpha value is -3.38. The van der Waals surface area contributed by atoms with Gasteiger partial charge in [-0.3, -0.25) is 0 Å². The summed E-state index contributed by atoms with van der Waals surface area (Å²) in [7, 11) is 0. The van der Waals surface area contributed by atoms with Crippen molar-refractivity contribution in [3.63, 3.8) is 0 Å². The molecular formula is C41H46. The topological polar surface area (TPSA) is 0 Å². The van der Waals surface area contributed by atoms with E-state index in [1.807, 2.05) is 0 Å². The maximum absolute atomic E-state index is 2.61. The van der Waals surface area contributed by atoms with Crippen molar-refractivity contribution >= 4 is 5.57 Å². The predicted molar refractivity (Wildman–Crippen MR) is 177 cm³/mol. The maximum atomic E-state index is 2.61. The zero-order valence-electron chi connectivity index (χ0n) is 26.3. The Labute approximate surface area is 248 Å². The van der Waals surface area contributed by atoms with Gasteiger partial charge in [0.25, 0.3) is 0 Å². The smallest absolute Gasteiger partial charge is 0.0156 e. The summed E-state index contributed by atoms with van der Waals surface area (Å²) >= 11 is 0. The summed E-state index contributed by atoms with van der Waals surface area (Å²) in [5.41, 5.74) is 14.8. The van der Waals surface area contributed by atoms with Crippen molar-refractivity contribution < 1.29 is 0 Å². The molecule has 0 fully saturated rings. The van der Waals surface area contributed by atoms with E-state index in [1.54, 1.807) is 11.1 Å². The average Bonchev–Trinajstić information content (AvgIpc) is 3.59. The van der Waals surface area contributed by atoms with E-state index in [4.69, 9.17) is 0 Å². The Morgan fingerprint density at radius 3 is 1.95 bits per heavy atom. The molecule has 3 aliphatic rings. The number of hydrogen-bond donors (Lipinski definition) is 0. The van der Waals surface area contributed by atoms with Gasteiger partial charge in [-0.1, -0.05) is 152 Å². The number of rotatable bonds is 4. The molecule has 2 unspecified atom stereocenters. The van der Waals surface area contributed by atoms with Crippen LogP contribution < -0.4 is 0 Å². The van der Waals surface area contributed by atoms with E-state index in [1.165, 1.54) is 44.5 Å². The molecule has 3 aromatic rings. The lowest BCUT2D eigenvalue weighted by atomic mass is 9.64. The van der Waals surface area contributed by atoms with E-state index in [0.717, 1.165) is 12.8 Å². The number of hydrogen-bond acceptors (Lipinski definition) is 0. The van der Waals surface area contributed by atoms with Crippen LogP contribution >= 0.6 is 0 Å². The van der Waals surface area contributed by atoms with Gasteiger partial charge in [0.2, 0.25) is 0 Å². The van der Waals surface area contributed by atoms with E-state index < -0.39 is 0 Å². The second kappa shape index (κ2) is 9.87. The maximum Gasteiger partial charge on any atom is 0.0156 e. The predicted octanol–water partition coefficient (Wildman–Crippen LogP) is 11.6. The molecule has 0 N–H and O–H groups in total. The summed E-state index contributed by atoms with van der Waals surface area (Å²) in [6.07, 6.45) is 11.9. The third-order valence-electron chi connectivity index (χ3n) is 9.78. The third-order valence-corrected chi connectivity index (χ3v) is 9.78. The second-order valence-corrected chi connectivity index (χ2v) is 15.0. The highest BCUT2D eigenvalue weighted by molar-refractivity contribution is 5.90. The summed E-state index contributed by atoms with van der Waals surface area (Å²) in [5.74, 6) is 0.730. The lowest BCUT2D eigenvalue weighted by Gasteiger charge is -2.40. The standard InChI is InChI=1S/C41H46/c1-39(2,3)36-25-32-33-26-37(40(4,5)6)31(28-19-13-10-14-20-28)24-35(33)38(41(7,8)29-21-15-16-22-29)34(32)23-30(36)27-17-11-9-12-18-27/h9-15,17-23,25-26,31,38H,16,24H2,1-8H3. The van der Waals surface area contributed by atoms with Gasteiger partial charge in [-0.15, -0.1) is 0 Å². The molecule has 41 heavy (non-hydrogen) atoms. The highest BCUT2D eigenvalue weighted by atomic mass is 14.5. The minimum atomic E-state index is -0.00957. The monoisotopic (exact) mass is 538 g/mol. The Morgan fingerprint density at radius 2 is 1.37 bits per heavy atom. The largest absolute Gasteiger partial charge is 0.0804 e. The van der Waals surface area contributed by atoms with E-state index in [9.17, 15) is 0 Å². The quantitative estimate of drug-likeness (QED) is 0.310. The fourth-order valence-electron chi connectivity index (χ4n) is 7.71. The van der Waals surface area contributed by atoms with Gasteiger partial charge in [-0.05, 0) is 85.7 Å². The van der Waals surface area contributed by atoms with E-state index in [2.05, 4.69) is 152 Å². The molecule has 3 aromatic carbocycles. The lowest BCUT2D eigenvalue weighted by molar-refractivity contribution is 0.382. The highest BCUT2D eigenvalue weighted by Crippen LogP contribution is 2.61. The Kier molecular flexibility index (Phi) is 6.68. The first-order valence-electron chi connectivity index (χ1n) is 15.5. The zero-order valence-corrected chi connectivity index (χ0v) is 26.3. The molecule has 0 bridgehead atoms. The van der Waals surface area contributed by atoms with Crippen molar-refractivity contribution in [1.29, 1.82) is 0 Å². The van der Waals surface area contributed by atoms with E-state index >= 15 is 0 Å². The molecule has 0 aromatic heterocycles. The van der Waals surface area contributed by atoms with Gasteiger partial charge >= 0.3 is 0 Å². The van der Waals surface area contributed by atoms with Gasteiger partial charge in [-0.25, -0.2) is 0 Å². The average molecular weight is 539 g/mol. The van der Waals surface area contributed by atoms with Crippen molar-refractivity contribution in [2.75, 3.05) is 0 Å². The van der Waals surface area contributed by atoms with Gasteiger partial charge in [-0.2, -0.15) is 0 Å². The van der Waals surface area contributed by atoms with Gasteiger partial charge < -0.3 is 0 Å². The van der Waals surface area contributed by atoms with Crippen molar-refractivity contribution in [1.82, 2.24) is 0 Å². The highest BCUT2D eigenvalue weighted by Gasteiger charge is 2.46. The summed E-state index contributed by atoms with van der Waals surface area (Å²) in [5, 5.41) is 0. The zero-order chi connectivity index (χ0) is 29.2. The van der Waals surface area contributed by atoms with Gasteiger partial charge in [0.15, 0.2) is 0 Å². The van der Waals surface area contributed by atoms with Crippen molar-refractivity contribution in [3.8, 4) is 11.1 Å². The first-order valence-corrected chi connectivity index (χ1v) is 15.5. The van der Waals surface area contributed by atoms with Crippen LogP contribution in [-0.4, -0.2) is 0 Å². The van der Waals surface area contributed by atoms with Gasteiger partial charge in [0.05, 0.1) is 0 Å². The summed E-state index contributed by atoms with van der Waals surface area (Å²) in [4.78, 5) is 0. The molecule has 0 nitrogen and oxygen atoms in total. The summed E-state index contributed by atoms with van der Waals surface area (Å²) in [6, 6.07) is 27.4. The SMILES string of the molecule is CC(C)(C)C1=CC2=C(CC1c1ccccc1)C(C(C)(C)C1=CCC=C1)c1cc(-c3ccccc3)c(C(C)(C)C)cc12. The Morgan fingerprint density at radius 1 is 0.707 bits per heavy atom. The second-order valence-electron chi connectivity index (χ2n) is 15.0. The molecule has 0 heteroatoms. The van der Waals surface area contributed by atoms with Crippen LogP contribution in [0.25, 0.3) is 16.7 Å². The normalized spacial score (nSPS) is 20.6. The van der Waals surface area contributed by atoms with Crippen LogP contribution in [-0.2, 0) is 5.41 Å². The molecule has 0 amide bonds. The first kappa shape index (κ1) is 27.8. The minimum Gasteiger partial charge on any atom is -0.0804 e. The molecule has 0 saturated carbocycles. The van der Waals surface area contributed by atoms with Gasteiger partial charge in [0.1, 0.15) is 0 Å². The molecule has 0 heterocycles. The minimum absolute atomic E-state index is 0.00957. The van der Waals surface area contributed by atoms with Crippen LogP contribution in [0.5, 0.6) is 0 Å². The molecular weight excluding hydrogens is 492 g/mol. The molecule has 3 aliphatic carbocycles. The number of benzene rings is 3. The molecule has 0 saturated heterocycles. The molecule has 6 rings (SSSR count). The molecule has 2 atom stereocenters. The van der Waals surface area contributed by atoms with E-state index in [0.29, 0.717) is 11.8 Å². The first-order chi connectivity index (χ1) is 19.4. The molecule has 210 valence electrons. The number of allylic oxidation sites excluding steroid dienone is 8. The third kappa shape index (κ3) is 4.80. The van der Waals surface area contributed by atoms with Crippen LogP contribution in [0.2, 0.25) is 0 Å². The van der Waals surface area contributed by atoms with Crippen molar-refractivity contribution in [3.05, 3.63) is 136 Å².